The van der Waals surface area contributed by atoms with Gasteiger partial charge in [-0.3, -0.25) is 9.89 Å². The highest BCUT2D eigenvalue weighted by Gasteiger charge is 2.16. The Kier molecular flexibility index (Phi) is 3.28. The van der Waals surface area contributed by atoms with E-state index in [0.717, 1.165) is 11.4 Å². The number of rotatable bonds is 4. The van der Waals surface area contributed by atoms with Gasteiger partial charge in [0.05, 0.1) is 12.3 Å². The first-order chi connectivity index (χ1) is 6.54. The van der Waals surface area contributed by atoms with Gasteiger partial charge in [-0.25, -0.2) is 0 Å². The number of hydrogen-bond acceptors (Lipinski definition) is 3. The molecule has 0 bridgehead atoms. The lowest BCUT2D eigenvalue weighted by Crippen LogP contribution is -2.11. The third kappa shape index (κ3) is 2.87. The quantitative estimate of drug-likeness (QED) is 0.585. The summed E-state index contributed by atoms with van der Waals surface area (Å²) in [6.45, 7) is 7.18. The maximum Gasteiger partial charge on any atom is 0.293 e. The molecule has 1 aromatic heterocycles. The molecule has 0 saturated carbocycles. The zero-order valence-electron chi connectivity index (χ0n) is 8.83. The fourth-order valence-corrected chi connectivity index (χ4v) is 1.09. The summed E-state index contributed by atoms with van der Waals surface area (Å²) in [5.41, 5.74) is 2.08. The molecule has 14 heavy (non-hydrogen) atoms. The molecule has 0 spiro atoms. The molecule has 0 saturated heterocycles. The first-order valence-electron chi connectivity index (χ1n) is 4.64. The van der Waals surface area contributed by atoms with Gasteiger partial charge in [0.25, 0.3) is 6.47 Å². The van der Waals surface area contributed by atoms with Gasteiger partial charge in [0.1, 0.15) is 0 Å². The summed E-state index contributed by atoms with van der Waals surface area (Å²) in [6, 6.07) is 2.01. The summed E-state index contributed by atoms with van der Waals surface area (Å²) < 4.78 is 4.60. The van der Waals surface area contributed by atoms with Crippen molar-refractivity contribution in [3.63, 3.8) is 0 Å². The van der Waals surface area contributed by atoms with E-state index in [0.29, 0.717) is 19.5 Å². The molecule has 0 amide bonds. The van der Waals surface area contributed by atoms with Gasteiger partial charge in [-0.1, -0.05) is 20.8 Å². The average Bonchev–Trinajstić information content (AvgIpc) is 2.52. The minimum Gasteiger partial charge on any atom is -0.467 e. The molecule has 4 heteroatoms. The minimum atomic E-state index is 0.0558. The van der Waals surface area contributed by atoms with Crippen LogP contribution < -0.4 is 0 Å². The number of carbonyl (C=O) groups is 1. The molecular formula is C10H16N2O2. The van der Waals surface area contributed by atoms with Crippen molar-refractivity contribution in [2.75, 3.05) is 6.61 Å². The highest BCUT2D eigenvalue weighted by Crippen LogP contribution is 2.20. The Morgan fingerprint density at radius 2 is 2.29 bits per heavy atom. The number of aromatic nitrogens is 2. The SMILES string of the molecule is CC(C)(C)c1cc(CCOC=O)[nH]n1. The second kappa shape index (κ2) is 4.26. The van der Waals surface area contributed by atoms with E-state index in [-0.39, 0.29) is 5.41 Å². The van der Waals surface area contributed by atoms with Crippen LogP contribution in [-0.4, -0.2) is 23.3 Å². The third-order valence-electron chi connectivity index (χ3n) is 1.96. The van der Waals surface area contributed by atoms with Gasteiger partial charge in [0.15, 0.2) is 0 Å². The largest absolute Gasteiger partial charge is 0.467 e. The van der Waals surface area contributed by atoms with E-state index < -0.39 is 0 Å². The van der Waals surface area contributed by atoms with Crippen LogP contribution >= 0.6 is 0 Å². The number of nitrogens with one attached hydrogen (secondary N) is 1. The van der Waals surface area contributed by atoms with E-state index in [1.54, 1.807) is 0 Å². The summed E-state index contributed by atoms with van der Waals surface area (Å²) >= 11 is 0. The number of hydrogen-bond donors (Lipinski definition) is 1. The lowest BCUT2D eigenvalue weighted by Gasteiger charge is -2.13. The van der Waals surface area contributed by atoms with Crippen LogP contribution in [0.1, 0.15) is 32.2 Å². The lowest BCUT2D eigenvalue weighted by molar-refractivity contribution is -0.128. The fourth-order valence-electron chi connectivity index (χ4n) is 1.09. The molecule has 1 aromatic rings. The monoisotopic (exact) mass is 196 g/mol. The highest BCUT2D eigenvalue weighted by molar-refractivity contribution is 5.36. The number of aromatic amines is 1. The molecule has 0 unspecified atom stereocenters. The maximum atomic E-state index is 9.91. The zero-order valence-corrected chi connectivity index (χ0v) is 8.83. The van der Waals surface area contributed by atoms with Crippen molar-refractivity contribution in [3.05, 3.63) is 17.5 Å². The Balaban J connectivity index is 2.55. The van der Waals surface area contributed by atoms with Crippen LogP contribution in [0.5, 0.6) is 0 Å². The molecule has 0 atom stereocenters. The van der Waals surface area contributed by atoms with Crippen LogP contribution in [0.3, 0.4) is 0 Å². The van der Waals surface area contributed by atoms with Gasteiger partial charge in [0.2, 0.25) is 0 Å². The second-order valence-electron chi connectivity index (χ2n) is 4.25. The maximum absolute atomic E-state index is 9.91. The first-order valence-corrected chi connectivity index (χ1v) is 4.64. The molecule has 0 radical (unpaired) electrons. The summed E-state index contributed by atoms with van der Waals surface area (Å²) in [7, 11) is 0. The minimum absolute atomic E-state index is 0.0558. The molecule has 0 aliphatic carbocycles. The fraction of sp³-hybridized carbons (Fsp3) is 0.600. The van der Waals surface area contributed by atoms with Gasteiger partial charge in [0, 0.05) is 17.5 Å². The van der Waals surface area contributed by atoms with Crippen molar-refractivity contribution in [2.24, 2.45) is 0 Å². The molecule has 1 rings (SSSR count). The Hall–Kier alpha value is -1.32. The van der Waals surface area contributed by atoms with Crippen LogP contribution in [0.4, 0.5) is 0 Å². The normalized spacial score (nSPS) is 11.4. The van der Waals surface area contributed by atoms with Gasteiger partial charge >= 0.3 is 0 Å². The predicted octanol–water partition coefficient (Wildman–Crippen LogP) is 1.42. The second-order valence-corrected chi connectivity index (χ2v) is 4.25. The number of ether oxygens (including phenoxy) is 1. The van der Waals surface area contributed by atoms with E-state index in [1.165, 1.54) is 0 Å². The van der Waals surface area contributed by atoms with Crippen molar-refractivity contribution in [1.82, 2.24) is 10.2 Å². The van der Waals surface area contributed by atoms with E-state index in [9.17, 15) is 4.79 Å². The summed E-state index contributed by atoms with van der Waals surface area (Å²) in [4.78, 5) is 9.91. The predicted molar refractivity (Wildman–Crippen MR) is 53.0 cm³/mol. The van der Waals surface area contributed by atoms with Gasteiger partial charge in [-0.15, -0.1) is 0 Å². The summed E-state index contributed by atoms with van der Waals surface area (Å²) in [5, 5.41) is 7.12. The molecule has 0 aliphatic rings. The van der Waals surface area contributed by atoms with E-state index >= 15 is 0 Å². The van der Waals surface area contributed by atoms with Crippen molar-refractivity contribution < 1.29 is 9.53 Å². The van der Waals surface area contributed by atoms with Gasteiger partial charge in [-0.2, -0.15) is 5.10 Å². The average molecular weight is 196 g/mol. The van der Waals surface area contributed by atoms with E-state index in [4.69, 9.17) is 0 Å². The Bertz CT molecular complexity index is 299. The molecule has 78 valence electrons. The Morgan fingerprint density at radius 1 is 1.57 bits per heavy atom. The Labute approximate surface area is 83.7 Å². The molecule has 1 N–H and O–H groups in total. The van der Waals surface area contributed by atoms with Crippen molar-refractivity contribution >= 4 is 6.47 Å². The summed E-state index contributed by atoms with van der Waals surface area (Å²) in [6.07, 6.45) is 0.682. The lowest BCUT2D eigenvalue weighted by atomic mass is 9.92. The van der Waals surface area contributed by atoms with Crippen LogP contribution in [0.15, 0.2) is 6.07 Å². The van der Waals surface area contributed by atoms with Gasteiger partial charge < -0.3 is 4.74 Å². The van der Waals surface area contributed by atoms with Crippen LogP contribution in [-0.2, 0) is 21.4 Å². The first kappa shape index (κ1) is 10.8. The smallest absolute Gasteiger partial charge is 0.293 e. The van der Waals surface area contributed by atoms with Gasteiger partial charge in [-0.05, 0) is 6.07 Å². The summed E-state index contributed by atoms with van der Waals surface area (Å²) in [5.74, 6) is 0. The van der Waals surface area contributed by atoms with Crippen molar-refractivity contribution in [1.29, 1.82) is 0 Å². The van der Waals surface area contributed by atoms with Crippen LogP contribution in [0, 0.1) is 0 Å². The molecular weight excluding hydrogens is 180 g/mol. The van der Waals surface area contributed by atoms with E-state index in [2.05, 4.69) is 35.7 Å². The van der Waals surface area contributed by atoms with E-state index in [1.807, 2.05) is 6.07 Å². The number of carbonyl (C=O) groups excluding carboxylic acids is 1. The topological polar surface area (TPSA) is 55.0 Å². The molecule has 4 nitrogen and oxygen atoms in total. The molecule has 0 aromatic carbocycles. The number of nitrogens with zero attached hydrogens (tertiary/aromatic N) is 1. The Morgan fingerprint density at radius 3 is 2.79 bits per heavy atom. The molecule has 0 fully saturated rings. The number of H-pyrrole nitrogens is 1. The molecule has 0 aliphatic heterocycles. The van der Waals surface area contributed by atoms with Crippen LogP contribution in [0.2, 0.25) is 0 Å². The standard InChI is InChI=1S/C10H16N2O2/c1-10(2,3)9-6-8(11-12-9)4-5-14-7-13/h6-7H,4-5H2,1-3H3,(H,11,12). The van der Waals surface area contributed by atoms with Crippen LogP contribution in [0.25, 0.3) is 0 Å². The van der Waals surface area contributed by atoms with Crippen molar-refractivity contribution in [3.8, 4) is 0 Å². The molecule has 1 heterocycles. The highest BCUT2D eigenvalue weighted by atomic mass is 16.5. The third-order valence-corrected chi connectivity index (χ3v) is 1.96. The zero-order chi connectivity index (χ0) is 10.6. The van der Waals surface area contributed by atoms with Crippen molar-refractivity contribution in [2.45, 2.75) is 32.6 Å².